The maximum Gasteiger partial charge on any atom is 0.270 e. The van der Waals surface area contributed by atoms with Gasteiger partial charge in [-0.15, -0.1) is 0 Å². The molecule has 0 bridgehead atoms. The van der Waals surface area contributed by atoms with E-state index in [4.69, 9.17) is 16.3 Å². The number of fused-ring (bicyclic) bond motifs is 1. The zero-order valence-corrected chi connectivity index (χ0v) is 16.3. The van der Waals surface area contributed by atoms with Crippen LogP contribution in [0.25, 0.3) is 0 Å². The fourth-order valence-electron chi connectivity index (χ4n) is 3.53. The van der Waals surface area contributed by atoms with Crippen LogP contribution in [-0.4, -0.2) is 46.8 Å². The maximum absolute atomic E-state index is 12.7. The summed E-state index contributed by atoms with van der Waals surface area (Å²) in [5.74, 6) is -1.52. The molecular weight excluding hydrogens is 414 g/mol. The number of carbonyl (C=O) groups excluding carboxylic acids is 3. The monoisotopic (exact) mass is 429 g/mol. The number of nitrogens with one attached hydrogen (secondary N) is 1. The normalized spacial score (nSPS) is 17.9. The quantitative estimate of drug-likeness (QED) is 0.442. The Balaban J connectivity index is 1.55. The smallest absolute Gasteiger partial charge is 0.270 e. The van der Waals surface area contributed by atoms with E-state index in [1.54, 1.807) is 0 Å². The first-order valence-electron chi connectivity index (χ1n) is 9.22. The number of non-ortho nitro benzene ring substituents is 1. The van der Waals surface area contributed by atoms with Crippen LogP contribution >= 0.6 is 11.6 Å². The van der Waals surface area contributed by atoms with Crippen molar-refractivity contribution in [3.05, 3.63) is 68.2 Å². The highest BCUT2D eigenvalue weighted by Crippen LogP contribution is 2.28. The van der Waals surface area contributed by atoms with Gasteiger partial charge < -0.3 is 10.1 Å². The Morgan fingerprint density at radius 2 is 1.97 bits per heavy atom. The van der Waals surface area contributed by atoms with Crippen molar-refractivity contribution in [1.29, 1.82) is 0 Å². The van der Waals surface area contributed by atoms with Crippen molar-refractivity contribution in [3.8, 4) is 0 Å². The highest BCUT2D eigenvalue weighted by molar-refractivity contribution is 6.34. The van der Waals surface area contributed by atoms with Crippen LogP contribution in [0.1, 0.15) is 43.9 Å². The van der Waals surface area contributed by atoms with Gasteiger partial charge in [0.05, 0.1) is 39.3 Å². The molecule has 0 aliphatic carbocycles. The molecule has 30 heavy (non-hydrogen) atoms. The van der Waals surface area contributed by atoms with Gasteiger partial charge in [0.25, 0.3) is 23.4 Å². The van der Waals surface area contributed by atoms with Crippen LogP contribution in [0, 0.1) is 10.1 Å². The van der Waals surface area contributed by atoms with Crippen LogP contribution in [0.15, 0.2) is 36.4 Å². The zero-order chi connectivity index (χ0) is 21.4. The Morgan fingerprint density at radius 3 is 2.67 bits per heavy atom. The molecule has 154 valence electrons. The summed E-state index contributed by atoms with van der Waals surface area (Å²) in [6, 6.07) is 7.90. The fraction of sp³-hybridized carbons (Fsp3) is 0.250. The predicted octanol–water partition coefficient (Wildman–Crippen LogP) is 3.28. The standard InChI is InChI=1S/C20H16ClN3O6/c21-17-6-4-12(24(28)29)9-16(17)18(25)22-11-3-5-14-15(8-11)20(27)23(19(14)26)10-13-2-1-7-30-13/h3-6,8-9,13H,1-2,7,10H2,(H,22,25). The molecule has 1 N–H and O–H groups in total. The molecule has 4 rings (SSSR count). The van der Waals surface area contributed by atoms with E-state index in [2.05, 4.69) is 5.32 Å². The number of anilines is 1. The highest BCUT2D eigenvalue weighted by atomic mass is 35.5. The molecule has 2 aliphatic heterocycles. The van der Waals surface area contributed by atoms with Gasteiger partial charge in [0.2, 0.25) is 0 Å². The summed E-state index contributed by atoms with van der Waals surface area (Å²) in [7, 11) is 0. The minimum absolute atomic E-state index is 0.0493. The summed E-state index contributed by atoms with van der Waals surface area (Å²) < 4.78 is 5.51. The third kappa shape index (κ3) is 3.64. The molecule has 0 saturated carbocycles. The third-order valence-corrected chi connectivity index (χ3v) is 5.37. The Bertz CT molecular complexity index is 1080. The van der Waals surface area contributed by atoms with Crippen molar-refractivity contribution >= 4 is 40.7 Å². The van der Waals surface area contributed by atoms with E-state index < -0.39 is 22.6 Å². The molecule has 2 aliphatic rings. The van der Waals surface area contributed by atoms with Gasteiger partial charge >= 0.3 is 0 Å². The molecule has 0 aromatic heterocycles. The molecule has 2 aromatic carbocycles. The topological polar surface area (TPSA) is 119 Å². The summed E-state index contributed by atoms with van der Waals surface area (Å²) in [5, 5.41) is 13.6. The maximum atomic E-state index is 12.7. The van der Waals surface area contributed by atoms with Crippen molar-refractivity contribution < 1.29 is 24.0 Å². The van der Waals surface area contributed by atoms with E-state index in [-0.39, 0.29) is 45.7 Å². The molecule has 1 fully saturated rings. The first-order valence-corrected chi connectivity index (χ1v) is 9.60. The Hall–Kier alpha value is -3.30. The van der Waals surface area contributed by atoms with Gasteiger partial charge in [-0.1, -0.05) is 11.6 Å². The SMILES string of the molecule is O=C(Nc1ccc2c(c1)C(=O)N(CC1CCCO1)C2=O)c1cc([N+](=O)[O-])ccc1Cl. The van der Waals surface area contributed by atoms with E-state index in [0.29, 0.717) is 6.61 Å². The number of halogens is 1. The molecule has 9 nitrogen and oxygen atoms in total. The second-order valence-corrected chi connectivity index (χ2v) is 7.40. The van der Waals surface area contributed by atoms with Crippen molar-refractivity contribution in [2.24, 2.45) is 0 Å². The van der Waals surface area contributed by atoms with Gasteiger partial charge in [-0.05, 0) is 37.1 Å². The van der Waals surface area contributed by atoms with Gasteiger partial charge in [-0.25, -0.2) is 0 Å². The average Bonchev–Trinajstić information content (AvgIpc) is 3.31. The van der Waals surface area contributed by atoms with Crippen LogP contribution in [-0.2, 0) is 4.74 Å². The Kier molecular flexibility index (Phi) is 5.23. The summed E-state index contributed by atoms with van der Waals surface area (Å²) in [6.45, 7) is 0.807. The number of nitro groups is 1. The average molecular weight is 430 g/mol. The summed E-state index contributed by atoms with van der Waals surface area (Å²) in [6.07, 6.45) is 1.52. The second kappa shape index (κ2) is 7.85. The number of benzene rings is 2. The van der Waals surface area contributed by atoms with Crippen LogP contribution in [0.2, 0.25) is 5.02 Å². The molecular formula is C20H16ClN3O6. The van der Waals surface area contributed by atoms with Crippen LogP contribution in [0.4, 0.5) is 11.4 Å². The van der Waals surface area contributed by atoms with Crippen molar-refractivity contribution in [2.45, 2.75) is 18.9 Å². The van der Waals surface area contributed by atoms with Gasteiger partial charge in [-0.2, -0.15) is 0 Å². The lowest BCUT2D eigenvalue weighted by Crippen LogP contribution is -2.36. The van der Waals surface area contributed by atoms with Crippen LogP contribution in [0.5, 0.6) is 0 Å². The minimum Gasteiger partial charge on any atom is -0.376 e. The number of nitrogens with zero attached hydrogens (tertiary/aromatic N) is 2. The van der Waals surface area contributed by atoms with E-state index in [9.17, 15) is 24.5 Å². The number of hydrogen-bond acceptors (Lipinski definition) is 6. The number of hydrogen-bond donors (Lipinski definition) is 1. The number of amides is 3. The first-order chi connectivity index (χ1) is 14.3. The lowest BCUT2D eigenvalue weighted by molar-refractivity contribution is -0.384. The molecule has 10 heteroatoms. The van der Waals surface area contributed by atoms with Crippen molar-refractivity contribution in [2.75, 3.05) is 18.5 Å². The highest BCUT2D eigenvalue weighted by Gasteiger charge is 2.37. The number of carbonyl (C=O) groups is 3. The van der Waals surface area contributed by atoms with Gasteiger partial charge in [0.15, 0.2) is 0 Å². The van der Waals surface area contributed by atoms with E-state index in [1.165, 1.54) is 30.3 Å². The number of nitro benzene ring substituents is 1. The number of ether oxygens (including phenoxy) is 1. The minimum atomic E-state index is -0.670. The van der Waals surface area contributed by atoms with E-state index in [0.717, 1.165) is 23.8 Å². The van der Waals surface area contributed by atoms with Crippen LogP contribution < -0.4 is 5.32 Å². The molecule has 3 amide bonds. The molecule has 0 radical (unpaired) electrons. The second-order valence-electron chi connectivity index (χ2n) is 6.99. The largest absolute Gasteiger partial charge is 0.376 e. The lowest BCUT2D eigenvalue weighted by Gasteiger charge is -2.17. The molecule has 1 unspecified atom stereocenters. The van der Waals surface area contributed by atoms with Gasteiger partial charge in [0.1, 0.15) is 0 Å². The van der Waals surface area contributed by atoms with Gasteiger partial charge in [-0.3, -0.25) is 29.4 Å². The third-order valence-electron chi connectivity index (χ3n) is 5.04. The predicted molar refractivity (Wildman–Crippen MR) is 107 cm³/mol. The van der Waals surface area contributed by atoms with E-state index in [1.807, 2.05) is 0 Å². The van der Waals surface area contributed by atoms with Crippen molar-refractivity contribution in [3.63, 3.8) is 0 Å². The fourth-order valence-corrected chi connectivity index (χ4v) is 3.73. The molecule has 2 aromatic rings. The summed E-state index contributed by atoms with van der Waals surface area (Å²) >= 11 is 6.00. The zero-order valence-electron chi connectivity index (χ0n) is 15.6. The Labute approximate surface area is 175 Å². The summed E-state index contributed by atoms with van der Waals surface area (Å²) in [5.41, 5.74) is 0.351. The summed E-state index contributed by atoms with van der Waals surface area (Å²) in [4.78, 5) is 49.3. The Morgan fingerprint density at radius 1 is 1.20 bits per heavy atom. The van der Waals surface area contributed by atoms with Crippen LogP contribution in [0.3, 0.4) is 0 Å². The molecule has 1 saturated heterocycles. The van der Waals surface area contributed by atoms with Crippen molar-refractivity contribution in [1.82, 2.24) is 4.90 Å². The van der Waals surface area contributed by atoms with E-state index >= 15 is 0 Å². The number of rotatable bonds is 5. The molecule has 1 atom stereocenters. The number of imide groups is 1. The molecule has 0 spiro atoms. The lowest BCUT2D eigenvalue weighted by atomic mass is 10.1. The molecule has 2 heterocycles. The first kappa shape index (κ1) is 20.0. The van der Waals surface area contributed by atoms with Gasteiger partial charge in [0, 0.05) is 24.4 Å².